The lowest BCUT2D eigenvalue weighted by molar-refractivity contribution is -0.116. The second-order valence-electron chi connectivity index (χ2n) is 7.27. The Morgan fingerprint density at radius 2 is 1.97 bits per heavy atom. The number of nitrogens with one attached hydrogen (secondary N) is 1. The van der Waals surface area contributed by atoms with Gasteiger partial charge in [0.25, 0.3) is 5.56 Å². The highest BCUT2D eigenvalue weighted by molar-refractivity contribution is 7.13. The largest absolute Gasteiger partial charge is 0.324 e. The Morgan fingerprint density at radius 1 is 1.17 bits per heavy atom. The molecule has 152 valence electrons. The molecule has 0 atom stereocenters. The van der Waals surface area contributed by atoms with Crippen molar-refractivity contribution in [1.82, 2.24) is 13.9 Å². The first-order valence-corrected chi connectivity index (χ1v) is 10.6. The predicted octanol–water partition coefficient (Wildman–Crippen LogP) is 4.34. The van der Waals surface area contributed by atoms with Crippen molar-refractivity contribution in [3.8, 4) is 11.3 Å². The molecule has 6 nitrogen and oxygen atoms in total. The molecule has 2 aromatic carbocycles. The van der Waals surface area contributed by atoms with Crippen LogP contribution in [-0.4, -0.2) is 19.8 Å². The lowest BCUT2D eigenvalue weighted by Crippen LogP contribution is -2.28. The zero-order valence-corrected chi connectivity index (χ0v) is 17.9. The number of carbonyl (C=O) groups excluding carboxylic acids is 1. The summed E-state index contributed by atoms with van der Waals surface area (Å²) in [6.07, 6.45) is 2.24. The van der Waals surface area contributed by atoms with E-state index in [2.05, 4.69) is 14.7 Å². The first kappa shape index (κ1) is 20.0. The number of benzene rings is 2. The van der Waals surface area contributed by atoms with Crippen LogP contribution in [0.1, 0.15) is 23.6 Å². The van der Waals surface area contributed by atoms with Gasteiger partial charge in [-0.3, -0.25) is 14.2 Å². The summed E-state index contributed by atoms with van der Waals surface area (Å²) in [7, 11) is 0. The van der Waals surface area contributed by atoms with Crippen LogP contribution in [0.4, 0.5) is 5.69 Å². The average Bonchev–Trinajstić information content (AvgIpc) is 3.16. The summed E-state index contributed by atoms with van der Waals surface area (Å²) in [6, 6.07) is 13.9. The van der Waals surface area contributed by atoms with Crippen molar-refractivity contribution in [2.45, 2.75) is 33.7 Å². The van der Waals surface area contributed by atoms with Gasteiger partial charge in [0.05, 0.1) is 6.33 Å². The molecule has 0 bridgehead atoms. The number of carbonyl (C=O) groups is 1. The van der Waals surface area contributed by atoms with Crippen molar-refractivity contribution in [3.05, 3.63) is 75.8 Å². The van der Waals surface area contributed by atoms with Gasteiger partial charge in [0.15, 0.2) is 0 Å². The molecule has 1 N–H and O–H groups in total. The van der Waals surface area contributed by atoms with Gasteiger partial charge in [-0.2, -0.15) is 4.37 Å². The summed E-state index contributed by atoms with van der Waals surface area (Å²) < 4.78 is 6.24. The third-order valence-electron chi connectivity index (χ3n) is 5.06. The minimum atomic E-state index is -0.259. The van der Waals surface area contributed by atoms with Crippen LogP contribution in [0.5, 0.6) is 0 Å². The summed E-state index contributed by atoms with van der Waals surface area (Å²) in [5.41, 5.74) is 5.91. The van der Waals surface area contributed by atoms with Gasteiger partial charge in [-0.05, 0) is 49.0 Å². The quantitative estimate of drug-likeness (QED) is 0.523. The molecule has 0 spiro atoms. The molecule has 0 aliphatic rings. The fourth-order valence-electron chi connectivity index (χ4n) is 3.49. The summed E-state index contributed by atoms with van der Waals surface area (Å²) >= 11 is 1.12. The molecule has 0 aliphatic heterocycles. The Bertz CT molecular complexity index is 1310. The highest BCUT2D eigenvalue weighted by Crippen LogP contribution is 2.27. The van der Waals surface area contributed by atoms with Crippen LogP contribution < -0.4 is 10.9 Å². The van der Waals surface area contributed by atoms with E-state index in [9.17, 15) is 9.59 Å². The molecule has 0 radical (unpaired) electrons. The van der Waals surface area contributed by atoms with Gasteiger partial charge in [-0.15, -0.1) is 0 Å². The molecule has 7 heteroatoms. The molecule has 4 aromatic rings. The van der Waals surface area contributed by atoms with Crippen molar-refractivity contribution in [2.75, 3.05) is 5.32 Å². The monoisotopic (exact) mass is 418 g/mol. The molecule has 0 fully saturated rings. The number of aromatic nitrogens is 3. The van der Waals surface area contributed by atoms with Crippen LogP contribution >= 0.6 is 11.5 Å². The third-order valence-corrected chi connectivity index (χ3v) is 5.88. The van der Waals surface area contributed by atoms with Crippen LogP contribution in [0.2, 0.25) is 0 Å². The van der Waals surface area contributed by atoms with Crippen molar-refractivity contribution in [3.63, 3.8) is 0 Å². The van der Waals surface area contributed by atoms with E-state index in [-0.39, 0.29) is 18.0 Å². The number of hydrogen-bond acceptors (Lipinski definition) is 5. The lowest BCUT2D eigenvalue weighted by Gasteiger charge is -2.13. The second-order valence-corrected chi connectivity index (χ2v) is 8.04. The maximum atomic E-state index is 12.9. The minimum absolute atomic E-state index is 0.100. The van der Waals surface area contributed by atoms with E-state index in [0.29, 0.717) is 15.9 Å². The van der Waals surface area contributed by atoms with Crippen molar-refractivity contribution in [2.24, 2.45) is 0 Å². The van der Waals surface area contributed by atoms with Crippen LogP contribution in [0.15, 0.2) is 53.6 Å². The first-order chi connectivity index (χ1) is 14.5. The van der Waals surface area contributed by atoms with E-state index >= 15 is 0 Å². The van der Waals surface area contributed by atoms with E-state index in [1.54, 1.807) is 0 Å². The van der Waals surface area contributed by atoms with Gasteiger partial charge in [-0.1, -0.05) is 48.9 Å². The number of anilines is 1. The van der Waals surface area contributed by atoms with Gasteiger partial charge in [0, 0.05) is 11.3 Å². The third kappa shape index (κ3) is 3.76. The van der Waals surface area contributed by atoms with E-state index in [1.165, 1.54) is 10.9 Å². The van der Waals surface area contributed by atoms with E-state index < -0.39 is 0 Å². The van der Waals surface area contributed by atoms with E-state index in [0.717, 1.165) is 45.9 Å². The number of para-hydroxylation sites is 1. The zero-order valence-electron chi connectivity index (χ0n) is 17.1. The maximum absolute atomic E-state index is 12.9. The molecule has 4 rings (SSSR count). The molecule has 0 unspecified atom stereocenters. The van der Waals surface area contributed by atoms with Gasteiger partial charge >= 0.3 is 0 Å². The molecule has 0 saturated carbocycles. The number of nitrogens with zero attached hydrogens (tertiary/aromatic N) is 3. The van der Waals surface area contributed by atoms with E-state index in [1.807, 2.05) is 63.2 Å². The highest BCUT2D eigenvalue weighted by atomic mass is 32.1. The Morgan fingerprint density at radius 3 is 2.73 bits per heavy atom. The van der Waals surface area contributed by atoms with Crippen LogP contribution in [0.3, 0.4) is 0 Å². The molecule has 0 saturated heterocycles. The van der Waals surface area contributed by atoms with Gasteiger partial charge in [0.1, 0.15) is 22.5 Å². The number of hydrogen-bond donors (Lipinski definition) is 1. The summed E-state index contributed by atoms with van der Waals surface area (Å²) in [5.74, 6) is -0.259. The van der Waals surface area contributed by atoms with E-state index in [4.69, 9.17) is 0 Å². The fourth-order valence-corrected chi connectivity index (χ4v) is 4.29. The SMILES string of the molecule is CCc1cccc(C)c1NC(=O)Cn1cnc2c(-c3cccc(C)c3)nsc2c1=O. The summed E-state index contributed by atoms with van der Waals surface area (Å²) in [6.45, 7) is 5.91. The first-order valence-electron chi connectivity index (χ1n) is 9.78. The maximum Gasteiger partial charge on any atom is 0.273 e. The molecule has 2 aromatic heterocycles. The van der Waals surface area contributed by atoms with Crippen LogP contribution in [0, 0.1) is 13.8 Å². The highest BCUT2D eigenvalue weighted by Gasteiger charge is 2.16. The van der Waals surface area contributed by atoms with Crippen LogP contribution in [0.25, 0.3) is 21.5 Å². The zero-order chi connectivity index (χ0) is 21.3. The summed E-state index contributed by atoms with van der Waals surface area (Å²) in [5, 5.41) is 2.95. The Balaban J connectivity index is 1.63. The smallest absolute Gasteiger partial charge is 0.273 e. The Labute approximate surface area is 178 Å². The topological polar surface area (TPSA) is 76.9 Å². The fraction of sp³-hybridized carbons (Fsp3) is 0.217. The lowest BCUT2D eigenvalue weighted by atomic mass is 10.1. The minimum Gasteiger partial charge on any atom is -0.324 e. The molecule has 2 heterocycles. The van der Waals surface area contributed by atoms with Gasteiger partial charge in [0.2, 0.25) is 5.91 Å². The number of amides is 1. The normalized spacial score (nSPS) is 11.0. The summed E-state index contributed by atoms with van der Waals surface area (Å²) in [4.78, 5) is 30.0. The van der Waals surface area contributed by atoms with Crippen molar-refractivity contribution in [1.29, 1.82) is 0 Å². The van der Waals surface area contributed by atoms with Crippen molar-refractivity contribution < 1.29 is 4.79 Å². The number of rotatable bonds is 5. The Kier molecular flexibility index (Phi) is 5.46. The average molecular weight is 419 g/mol. The van der Waals surface area contributed by atoms with Gasteiger partial charge in [-0.25, -0.2) is 4.98 Å². The molecular weight excluding hydrogens is 396 g/mol. The Hall–Kier alpha value is -3.32. The van der Waals surface area contributed by atoms with Crippen molar-refractivity contribution >= 4 is 33.3 Å². The predicted molar refractivity (Wildman–Crippen MR) is 121 cm³/mol. The van der Waals surface area contributed by atoms with Crippen LogP contribution in [-0.2, 0) is 17.8 Å². The number of fused-ring (bicyclic) bond motifs is 1. The molecular formula is C23H22N4O2S. The molecule has 1 amide bonds. The number of aryl methyl sites for hydroxylation is 3. The molecule has 30 heavy (non-hydrogen) atoms. The van der Waals surface area contributed by atoms with Gasteiger partial charge < -0.3 is 5.32 Å². The molecule has 0 aliphatic carbocycles. The standard InChI is InChI=1S/C23H22N4O2S/c1-4-16-9-6-8-15(3)19(16)25-18(28)12-27-13-24-21-20(26-30-22(21)23(27)29)17-10-5-7-14(2)11-17/h5-11,13H,4,12H2,1-3H3,(H,25,28). The second kappa shape index (κ2) is 8.20.